The average Bonchev–Trinajstić information content (AvgIpc) is 3.25. The van der Waals surface area contributed by atoms with E-state index in [-0.39, 0.29) is 0 Å². The molecule has 194 valence electrons. The molecule has 8 nitrogen and oxygen atoms in total. The molecule has 0 bridgehead atoms. The van der Waals surface area contributed by atoms with Crippen LogP contribution in [0, 0.1) is 0 Å². The Kier molecular flexibility index (Phi) is 10.9. The molecule has 2 aliphatic rings. The van der Waals surface area contributed by atoms with E-state index >= 15 is 0 Å². The minimum absolute atomic E-state index is 0.517. The molecule has 0 saturated heterocycles. The number of carboxylic acid groups (broad SMARTS) is 1. The Morgan fingerprint density at radius 3 is 2.86 bits per heavy atom. The zero-order chi connectivity index (χ0) is 25.0. The lowest BCUT2D eigenvalue weighted by Crippen LogP contribution is -2.37. The fraction of sp³-hybridized carbons (Fsp3) is 0.630. The molecule has 1 aromatic heterocycles. The number of unbranched alkanes of at least 4 members (excludes halogenated alkanes) is 1. The lowest BCUT2D eigenvalue weighted by molar-refractivity contribution is -0.138. The minimum atomic E-state index is -0.845. The molecule has 0 amide bonds. The van der Waals surface area contributed by atoms with E-state index in [0.29, 0.717) is 25.4 Å². The Bertz CT molecular complexity index is 918. The predicted octanol–water partition coefficient (Wildman–Crippen LogP) is 4.10. The Morgan fingerprint density at radius 2 is 2.11 bits per heavy atom. The smallest absolute Gasteiger partial charge is 0.326 e. The highest BCUT2D eigenvalue weighted by Gasteiger charge is 2.20. The van der Waals surface area contributed by atoms with Crippen LogP contribution in [0.15, 0.2) is 46.8 Å². The van der Waals surface area contributed by atoms with E-state index < -0.39 is 12.0 Å². The molecule has 1 aromatic rings. The highest BCUT2D eigenvalue weighted by Crippen LogP contribution is 2.27. The largest absolute Gasteiger partial charge is 0.480 e. The van der Waals surface area contributed by atoms with Crippen LogP contribution in [0.4, 0.5) is 5.82 Å². The molecule has 8 heteroatoms. The number of nitrogens with one attached hydrogen (secondary N) is 2. The van der Waals surface area contributed by atoms with Crippen molar-refractivity contribution in [3.05, 3.63) is 46.8 Å². The lowest BCUT2D eigenvalue weighted by Gasteiger charge is -2.25. The van der Waals surface area contributed by atoms with Crippen molar-refractivity contribution in [2.24, 2.45) is 7.05 Å². The molecular weight excluding hydrogens is 442 g/mol. The second-order valence-corrected chi connectivity index (χ2v) is 9.63. The monoisotopic (exact) mass is 485 g/mol. The predicted molar refractivity (Wildman–Crippen MR) is 140 cm³/mol. The standard InChI is InChI=1S/C27H43N5O3/c1-21-9-12-24-23(8-6-15-28-24)11-10-22(21)7-4-5-17-32(19-20-35-3)18-14-25(27(33)34)30-26-13-16-29-31(26)2/h10-11,13,16,25,28,30H,4-9,12,14-15,17-20H2,1-3H3,(H,33,34)/t25-/m0/s1. The van der Waals surface area contributed by atoms with Gasteiger partial charge in [0.15, 0.2) is 0 Å². The van der Waals surface area contributed by atoms with E-state index in [9.17, 15) is 9.90 Å². The fourth-order valence-electron chi connectivity index (χ4n) is 4.80. The van der Waals surface area contributed by atoms with Crippen molar-refractivity contribution >= 4 is 11.8 Å². The summed E-state index contributed by atoms with van der Waals surface area (Å²) in [4.78, 5) is 14.1. The topological polar surface area (TPSA) is 91.7 Å². The van der Waals surface area contributed by atoms with Gasteiger partial charge in [-0.1, -0.05) is 17.7 Å². The van der Waals surface area contributed by atoms with Gasteiger partial charge in [0.25, 0.3) is 0 Å². The number of anilines is 1. The summed E-state index contributed by atoms with van der Waals surface area (Å²) in [6, 6.07) is 1.14. The molecular formula is C27H43N5O3. The number of methoxy groups -OCH3 is 1. The molecule has 0 spiro atoms. The number of carbonyl (C=O) groups is 1. The second-order valence-electron chi connectivity index (χ2n) is 9.63. The van der Waals surface area contributed by atoms with Crippen LogP contribution < -0.4 is 10.6 Å². The summed E-state index contributed by atoms with van der Waals surface area (Å²) in [6.07, 6.45) is 14.8. The third-order valence-corrected chi connectivity index (χ3v) is 7.09. The Morgan fingerprint density at radius 1 is 1.26 bits per heavy atom. The number of carboxylic acids is 1. The van der Waals surface area contributed by atoms with Crippen LogP contribution in [0.3, 0.4) is 0 Å². The molecule has 2 heterocycles. The first kappa shape index (κ1) is 27.0. The number of hydrogen-bond acceptors (Lipinski definition) is 6. The number of allylic oxidation sites excluding steroid dienone is 6. The summed E-state index contributed by atoms with van der Waals surface area (Å²) in [7, 11) is 3.51. The van der Waals surface area contributed by atoms with Gasteiger partial charge in [-0.15, -0.1) is 0 Å². The van der Waals surface area contributed by atoms with Gasteiger partial charge < -0.3 is 25.4 Å². The first-order chi connectivity index (χ1) is 17.0. The lowest BCUT2D eigenvalue weighted by atomic mass is 9.91. The summed E-state index contributed by atoms with van der Waals surface area (Å²) < 4.78 is 6.96. The normalized spacial score (nSPS) is 17.1. The highest BCUT2D eigenvalue weighted by atomic mass is 16.5. The van der Waals surface area contributed by atoms with Crippen LogP contribution in [0.2, 0.25) is 0 Å². The molecule has 1 aliphatic heterocycles. The Balaban J connectivity index is 1.48. The Labute approximate surface area is 210 Å². The third-order valence-electron chi connectivity index (χ3n) is 7.09. The molecule has 35 heavy (non-hydrogen) atoms. The molecule has 0 fully saturated rings. The van der Waals surface area contributed by atoms with Gasteiger partial charge in [0.2, 0.25) is 0 Å². The molecule has 1 aliphatic carbocycles. The zero-order valence-corrected chi connectivity index (χ0v) is 21.7. The van der Waals surface area contributed by atoms with Crippen molar-refractivity contribution in [2.75, 3.05) is 45.2 Å². The van der Waals surface area contributed by atoms with E-state index in [0.717, 1.165) is 51.7 Å². The van der Waals surface area contributed by atoms with Crippen molar-refractivity contribution in [2.45, 2.75) is 64.3 Å². The van der Waals surface area contributed by atoms with Gasteiger partial charge in [-0.2, -0.15) is 5.10 Å². The van der Waals surface area contributed by atoms with E-state index in [1.54, 1.807) is 31.1 Å². The maximum absolute atomic E-state index is 11.8. The van der Waals surface area contributed by atoms with Crippen molar-refractivity contribution in [3.63, 3.8) is 0 Å². The Hall–Kier alpha value is -2.58. The van der Waals surface area contributed by atoms with Crippen molar-refractivity contribution < 1.29 is 14.6 Å². The number of hydrogen-bond donors (Lipinski definition) is 3. The first-order valence-electron chi connectivity index (χ1n) is 13.0. The van der Waals surface area contributed by atoms with Crippen molar-refractivity contribution in [1.29, 1.82) is 0 Å². The molecule has 3 N–H and O–H groups in total. The third kappa shape index (κ3) is 8.54. The van der Waals surface area contributed by atoms with E-state index in [4.69, 9.17) is 4.74 Å². The van der Waals surface area contributed by atoms with Crippen LogP contribution in [0.5, 0.6) is 0 Å². The summed E-state index contributed by atoms with van der Waals surface area (Å²) in [5.74, 6) is -0.133. The van der Waals surface area contributed by atoms with Crippen molar-refractivity contribution in [3.8, 4) is 0 Å². The number of aliphatic carboxylic acids is 1. The maximum Gasteiger partial charge on any atom is 0.326 e. The van der Waals surface area contributed by atoms with Gasteiger partial charge in [0.05, 0.1) is 12.8 Å². The van der Waals surface area contributed by atoms with Gasteiger partial charge in [-0.25, -0.2) is 4.79 Å². The van der Waals surface area contributed by atoms with Crippen molar-refractivity contribution in [1.82, 2.24) is 20.0 Å². The van der Waals surface area contributed by atoms with Gasteiger partial charge in [-0.3, -0.25) is 4.68 Å². The van der Waals surface area contributed by atoms with Gasteiger partial charge in [0, 0.05) is 45.6 Å². The molecule has 0 saturated carbocycles. The number of aryl methyl sites for hydroxylation is 1. The molecule has 3 rings (SSSR count). The second kappa shape index (κ2) is 14.1. The first-order valence-corrected chi connectivity index (χ1v) is 13.0. The van der Waals surface area contributed by atoms with Crippen LogP contribution in [0.1, 0.15) is 58.3 Å². The summed E-state index contributed by atoms with van der Waals surface area (Å²) in [5, 5.41) is 20.5. The van der Waals surface area contributed by atoms with Crippen LogP contribution in [-0.2, 0) is 16.6 Å². The zero-order valence-electron chi connectivity index (χ0n) is 21.7. The fourth-order valence-corrected chi connectivity index (χ4v) is 4.80. The van der Waals surface area contributed by atoms with Gasteiger partial charge in [-0.05, 0) is 76.0 Å². The highest BCUT2D eigenvalue weighted by molar-refractivity contribution is 5.76. The maximum atomic E-state index is 11.8. The minimum Gasteiger partial charge on any atom is -0.480 e. The number of rotatable bonds is 14. The van der Waals surface area contributed by atoms with E-state index in [2.05, 4.69) is 39.7 Å². The summed E-state index contributed by atoms with van der Waals surface area (Å²) >= 11 is 0. The molecule has 1 atom stereocenters. The van der Waals surface area contributed by atoms with Crippen LogP contribution in [-0.4, -0.2) is 71.7 Å². The SMILES string of the molecule is COCCN(CCCCC1=C(C)CCC2=C(C=C1)CCCN2)CC[C@H](Nc1ccnn1C)C(=O)O. The van der Waals surface area contributed by atoms with E-state index in [1.165, 1.54) is 35.3 Å². The van der Waals surface area contributed by atoms with Crippen LogP contribution >= 0.6 is 0 Å². The number of aromatic nitrogens is 2. The van der Waals surface area contributed by atoms with Crippen LogP contribution in [0.25, 0.3) is 0 Å². The quantitative estimate of drug-likeness (QED) is 0.342. The summed E-state index contributed by atoms with van der Waals surface area (Å²) in [5.41, 5.74) is 5.91. The molecule has 0 aromatic carbocycles. The van der Waals surface area contributed by atoms with E-state index in [1.807, 2.05) is 0 Å². The van der Waals surface area contributed by atoms with Gasteiger partial charge in [0.1, 0.15) is 11.9 Å². The number of ether oxygens (including phenoxy) is 1. The summed E-state index contributed by atoms with van der Waals surface area (Å²) in [6.45, 7) is 6.48. The number of nitrogens with zero attached hydrogens (tertiary/aromatic N) is 3. The molecule has 0 unspecified atom stereocenters. The van der Waals surface area contributed by atoms with Gasteiger partial charge >= 0.3 is 5.97 Å². The average molecular weight is 486 g/mol. The molecule has 0 radical (unpaired) electrons.